The van der Waals surface area contributed by atoms with Crippen molar-refractivity contribution in [3.63, 3.8) is 0 Å². The van der Waals surface area contributed by atoms with Crippen molar-refractivity contribution in [1.82, 2.24) is 5.32 Å². The molecule has 0 aliphatic carbocycles. The molecule has 0 bridgehead atoms. The van der Waals surface area contributed by atoms with Gasteiger partial charge in [0, 0.05) is 44.7 Å². The predicted molar refractivity (Wildman–Crippen MR) is 71.7 cm³/mol. The van der Waals surface area contributed by atoms with Crippen LogP contribution in [0.3, 0.4) is 0 Å². The number of nitrogens with two attached hydrogens (primary N) is 1. The summed E-state index contributed by atoms with van der Waals surface area (Å²) in [5.41, 5.74) is 5.99. The summed E-state index contributed by atoms with van der Waals surface area (Å²) >= 11 is 0. The molecule has 1 fully saturated rings. The quantitative estimate of drug-likeness (QED) is 0.719. The van der Waals surface area contributed by atoms with Gasteiger partial charge in [0.2, 0.25) is 5.91 Å². The molecule has 2 rings (SSSR count). The first-order valence-corrected chi connectivity index (χ1v) is 6.49. The van der Waals surface area contributed by atoms with Gasteiger partial charge in [-0.25, -0.2) is 0 Å². The number of nitrogens with one attached hydrogen (secondary N) is 1. The summed E-state index contributed by atoms with van der Waals surface area (Å²) in [5, 5.41) is 13.5. The van der Waals surface area contributed by atoms with E-state index in [4.69, 9.17) is 10.5 Å². The number of aliphatic hydroxyl groups is 1. The van der Waals surface area contributed by atoms with Crippen LogP contribution in [0.2, 0.25) is 0 Å². The Kier molecular flexibility index (Phi) is 4.52. The normalized spacial score (nSPS) is 18.2. The summed E-state index contributed by atoms with van der Waals surface area (Å²) in [7, 11) is 0. The summed E-state index contributed by atoms with van der Waals surface area (Å²) in [5.74, 6) is -0.429. The van der Waals surface area contributed by atoms with E-state index in [1.165, 1.54) is 0 Å². The number of hydrogen-bond acceptors (Lipinski definition) is 4. The average Bonchev–Trinajstić information content (AvgIpc) is 2.40. The van der Waals surface area contributed by atoms with Gasteiger partial charge in [-0.1, -0.05) is 18.2 Å². The Bertz CT molecular complexity index is 442. The molecule has 0 radical (unpaired) electrons. The highest BCUT2D eigenvalue weighted by Crippen LogP contribution is 2.19. The fraction of sp³-hybridized carbons (Fsp3) is 0.500. The van der Waals surface area contributed by atoms with Crippen LogP contribution in [0.4, 0.5) is 0 Å². The molecule has 0 unspecified atom stereocenters. The van der Waals surface area contributed by atoms with Crippen LogP contribution in [-0.2, 0) is 11.3 Å². The van der Waals surface area contributed by atoms with Gasteiger partial charge in [0.25, 0.3) is 0 Å². The number of benzene rings is 1. The summed E-state index contributed by atoms with van der Waals surface area (Å²) in [4.78, 5) is 11.3. The lowest BCUT2D eigenvalue weighted by molar-refractivity contribution is -0.0617. The Morgan fingerprint density at radius 1 is 1.37 bits per heavy atom. The van der Waals surface area contributed by atoms with Crippen molar-refractivity contribution >= 4 is 5.91 Å². The van der Waals surface area contributed by atoms with Crippen LogP contribution in [0.15, 0.2) is 24.3 Å². The fourth-order valence-corrected chi connectivity index (χ4v) is 2.27. The molecule has 5 nitrogen and oxygen atoms in total. The standard InChI is InChI=1S/C14H20N2O3/c15-13(17)12-4-2-1-3-11(12)9-16-10-14(18)5-7-19-8-6-14/h1-4,16,18H,5-10H2,(H2,15,17). The number of hydrogen-bond donors (Lipinski definition) is 3. The lowest BCUT2D eigenvalue weighted by atomic mass is 9.94. The highest BCUT2D eigenvalue weighted by molar-refractivity contribution is 5.94. The maximum Gasteiger partial charge on any atom is 0.249 e. The van der Waals surface area contributed by atoms with Gasteiger partial charge in [-0.3, -0.25) is 4.79 Å². The van der Waals surface area contributed by atoms with Crippen LogP contribution in [-0.4, -0.2) is 36.4 Å². The van der Waals surface area contributed by atoms with E-state index >= 15 is 0 Å². The molecule has 104 valence electrons. The second-order valence-corrected chi connectivity index (χ2v) is 4.96. The predicted octanol–water partition coefficient (Wildman–Crippen LogP) is 0.417. The highest BCUT2D eigenvalue weighted by atomic mass is 16.5. The molecule has 0 saturated carbocycles. The van der Waals surface area contributed by atoms with E-state index in [0.29, 0.717) is 44.7 Å². The molecule has 1 aromatic carbocycles. The first kappa shape index (κ1) is 14.0. The first-order valence-electron chi connectivity index (χ1n) is 6.49. The SMILES string of the molecule is NC(=O)c1ccccc1CNCC1(O)CCOCC1. The van der Waals surface area contributed by atoms with Crippen LogP contribution < -0.4 is 11.1 Å². The zero-order chi connectivity index (χ0) is 13.7. The maximum absolute atomic E-state index is 11.3. The summed E-state index contributed by atoms with van der Waals surface area (Å²) in [6.45, 7) is 2.19. The van der Waals surface area contributed by atoms with Crippen LogP contribution in [0, 0.1) is 0 Å². The van der Waals surface area contributed by atoms with Crippen molar-refractivity contribution < 1.29 is 14.6 Å². The van der Waals surface area contributed by atoms with E-state index < -0.39 is 11.5 Å². The molecule has 1 amide bonds. The molecule has 1 heterocycles. The lowest BCUT2D eigenvalue weighted by Crippen LogP contribution is -2.44. The molecule has 5 heteroatoms. The molecular formula is C14H20N2O3. The largest absolute Gasteiger partial charge is 0.388 e. The van der Waals surface area contributed by atoms with E-state index in [-0.39, 0.29) is 0 Å². The molecule has 0 atom stereocenters. The van der Waals surface area contributed by atoms with Crippen LogP contribution in [0.5, 0.6) is 0 Å². The molecule has 1 saturated heterocycles. The third kappa shape index (κ3) is 3.76. The monoisotopic (exact) mass is 264 g/mol. The maximum atomic E-state index is 11.3. The third-order valence-electron chi connectivity index (χ3n) is 3.48. The summed E-state index contributed by atoms with van der Waals surface area (Å²) in [6.07, 6.45) is 1.27. The Morgan fingerprint density at radius 2 is 2.05 bits per heavy atom. The van der Waals surface area contributed by atoms with Gasteiger partial charge in [-0.15, -0.1) is 0 Å². The average molecular weight is 264 g/mol. The van der Waals surface area contributed by atoms with Crippen molar-refractivity contribution in [1.29, 1.82) is 0 Å². The summed E-state index contributed by atoms with van der Waals surface area (Å²) < 4.78 is 5.23. The van der Waals surface area contributed by atoms with Gasteiger partial charge in [0.1, 0.15) is 0 Å². The Morgan fingerprint density at radius 3 is 2.74 bits per heavy atom. The Hall–Kier alpha value is -1.43. The van der Waals surface area contributed by atoms with Gasteiger partial charge in [-0.05, 0) is 11.6 Å². The van der Waals surface area contributed by atoms with Gasteiger partial charge in [-0.2, -0.15) is 0 Å². The van der Waals surface area contributed by atoms with Gasteiger partial charge < -0.3 is 20.9 Å². The molecular weight excluding hydrogens is 244 g/mol. The zero-order valence-electron chi connectivity index (χ0n) is 10.9. The number of carbonyl (C=O) groups excluding carboxylic acids is 1. The van der Waals surface area contributed by atoms with Crippen LogP contribution >= 0.6 is 0 Å². The van der Waals surface area contributed by atoms with Crippen LogP contribution in [0.25, 0.3) is 0 Å². The fourth-order valence-electron chi connectivity index (χ4n) is 2.27. The molecule has 19 heavy (non-hydrogen) atoms. The second-order valence-electron chi connectivity index (χ2n) is 4.96. The van der Waals surface area contributed by atoms with Crippen molar-refractivity contribution in [2.24, 2.45) is 5.73 Å². The lowest BCUT2D eigenvalue weighted by Gasteiger charge is -2.32. The van der Waals surface area contributed by atoms with Crippen molar-refractivity contribution in [3.8, 4) is 0 Å². The number of amides is 1. The first-order chi connectivity index (χ1) is 9.11. The van der Waals surface area contributed by atoms with E-state index in [0.717, 1.165) is 5.56 Å². The number of primary amides is 1. The van der Waals surface area contributed by atoms with Crippen molar-refractivity contribution in [3.05, 3.63) is 35.4 Å². The van der Waals surface area contributed by atoms with Gasteiger partial charge >= 0.3 is 0 Å². The van der Waals surface area contributed by atoms with Crippen molar-refractivity contribution in [2.75, 3.05) is 19.8 Å². The minimum atomic E-state index is -0.708. The smallest absolute Gasteiger partial charge is 0.249 e. The number of carbonyl (C=O) groups is 1. The molecule has 1 aromatic rings. The van der Waals surface area contributed by atoms with Gasteiger partial charge in [0.15, 0.2) is 0 Å². The molecule has 1 aliphatic rings. The molecule has 0 spiro atoms. The number of ether oxygens (including phenoxy) is 1. The minimum absolute atomic E-state index is 0.429. The number of rotatable bonds is 5. The second kappa shape index (κ2) is 6.14. The van der Waals surface area contributed by atoms with E-state index in [1.807, 2.05) is 12.1 Å². The highest BCUT2D eigenvalue weighted by Gasteiger charge is 2.29. The van der Waals surface area contributed by atoms with Crippen LogP contribution in [0.1, 0.15) is 28.8 Å². The zero-order valence-corrected chi connectivity index (χ0v) is 10.9. The molecule has 4 N–H and O–H groups in total. The van der Waals surface area contributed by atoms with E-state index in [2.05, 4.69) is 5.32 Å². The summed E-state index contributed by atoms with van der Waals surface area (Å²) in [6, 6.07) is 7.23. The van der Waals surface area contributed by atoms with E-state index in [9.17, 15) is 9.90 Å². The van der Waals surface area contributed by atoms with Crippen molar-refractivity contribution in [2.45, 2.75) is 25.0 Å². The Balaban J connectivity index is 1.90. The van der Waals surface area contributed by atoms with Gasteiger partial charge in [0.05, 0.1) is 5.60 Å². The topological polar surface area (TPSA) is 84.6 Å². The minimum Gasteiger partial charge on any atom is -0.388 e. The molecule has 1 aliphatic heterocycles. The van der Waals surface area contributed by atoms with E-state index in [1.54, 1.807) is 12.1 Å². The molecule has 0 aromatic heterocycles. The third-order valence-corrected chi connectivity index (χ3v) is 3.48. The Labute approximate surface area is 112 Å².